The Labute approximate surface area is 254 Å². The molecule has 0 unspecified atom stereocenters. The van der Waals surface area contributed by atoms with E-state index >= 15 is 0 Å². The number of benzene rings is 4. The fourth-order valence-electron chi connectivity index (χ4n) is 6.02. The highest BCUT2D eigenvalue weighted by Gasteiger charge is 2.25. The first-order valence-corrected chi connectivity index (χ1v) is 16.1. The average Bonchev–Trinajstić information content (AvgIpc) is 3.72. The van der Waals surface area contributed by atoms with E-state index in [1.54, 1.807) is 0 Å². The molecule has 1 aliphatic rings. The van der Waals surface area contributed by atoms with Gasteiger partial charge in [0.25, 0.3) is 0 Å². The quantitative estimate of drug-likeness (QED) is 0.103. The van der Waals surface area contributed by atoms with Crippen molar-refractivity contribution in [1.29, 1.82) is 0 Å². The number of furan rings is 1. The minimum Gasteiger partial charge on any atom is -0.436 e. The van der Waals surface area contributed by atoms with Crippen molar-refractivity contribution in [1.82, 2.24) is 4.57 Å². The van der Waals surface area contributed by atoms with Gasteiger partial charge in [-0.15, -0.1) is 0 Å². The lowest BCUT2D eigenvalue weighted by Crippen LogP contribution is -2.26. The minimum atomic E-state index is -1.08. The molecule has 0 amide bonds. The van der Waals surface area contributed by atoms with E-state index < -0.39 is 8.15 Å². The van der Waals surface area contributed by atoms with Crippen molar-refractivity contribution in [3.63, 3.8) is 0 Å². The summed E-state index contributed by atoms with van der Waals surface area (Å²) >= 11 is 0. The van der Waals surface area contributed by atoms with Gasteiger partial charge in [-0.05, 0) is 44.0 Å². The van der Waals surface area contributed by atoms with Crippen molar-refractivity contribution >= 4 is 47.6 Å². The number of rotatable bonds is 8. The third-order valence-electron chi connectivity index (χ3n) is 8.37. The molecule has 7 rings (SSSR count). The second-order valence-electron chi connectivity index (χ2n) is 10.9. The van der Waals surface area contributed by atoms with E-state index in [-0.39, 0.29) is 0 Å². The van der Waals surface area contributed by atoms with Crippen LogP contribution in [0.15, 0.2) is 114 Å². The lowest BCUT2D eigenvalue weighted by Gasteiger charge is -2.26. The number of fused-ring (bicyclic) bond motifs is 2. The molecule has 2 aromatic heterocycles. The molecule has 6 heteroatoms. The van der Waals surface area contributed by atoms with E-state index in [1.807, 2.05) is 17.2 Å². The first-order valence-electron chi connectivity index (χ1n) is 14.8. The lowest BCUT2D eigenvalue weighted by atomic mass is 9.97. The van der Waals surface area contributed by atoms with E-state index in [1.165, 1.54) is 28.1 Å². The largest absolute Gasteiger partial charge is 0.436 e. The minimum absolute atomic E-state index is 0.646. The monoisotopic (exact) mass is 584 g/mol. The molecule has 0 fully saturated rings. The van der Waals surface area contributed by atoms with Crippen LogP contribution in [0.2, 0.25) is 0 Å². The Morgan fingerprint density at radius 1 is 0.860 bits per heavy atom. The molecule has 0 saturated carbocycles. The zero-order chi connectivity index (χ0) is 29.5. The first-order chi connectivity index (χ1) is 21.0. The average molecular weight is 585 g/mol. The zero-order valence-corrected chi connectivity index (χ0v) is 25.9. The van der Waals surface area contributed by atoms with Crippen molar-refractivity contribution in [2.24, 2.45) is 0 Å². The Balaban J connectivity index is 1.27. The smallest absolute Gasteiger partial charge is 0.222 e. The fourth-order valence-corrected chi connectivity index (χ4v) is 7.79. The molecule has 0 saturated heterocycles. The van der Waals surface area contributed by atoms with Crippen LogP contribution in [0.25, 0.3) is 27.9 Å². The molecule has 0 spiro atoms. The number of nitrogens with zero attached hydrogens (tertiary/aromatic N) is 3. The van der Waals surface area contributed by atoms with Gasteiger partial charge in [-0.1, -0.05) is 84.9 Å². The molecule has 6 aromatic rings. The summed E-state index contributed by atoms with van der Waals surface area (Å²) in [5.74, 6) is 0.708. The standard InChI is InChI=1S/C37H35N3O2P/c1-5-39(42-43(30-16-8-6-9-17-30)31-18-10-7-11-19-31)36-25-35-37(41-36)26(2)27(3)40(35)29-15-12-14-28(24-29)32-20-13-21-34-33(32)22-23-38(34)4/h6-21,23-25H,5,22H2,1-4H3/q+1. The third-order valence-corrected chi connectivity index (χ3v) is 10.3. The first kappa shape index (κ1) is 27.4. The van der Waals surface area contributed by atoms with E-state index in [0.717, 1.165) is 39.4 Å². The normalized spacial score (nSPS) is 12.6. The van der Waals surface area contributed by atoms with Crippen molar-refractivity contribution in [3.05, 3.63) is 126 Å². The maximum atomic E-state index is 6.79. The number of anilines is 1. The predicted octanol–water partition coefficient (Wildman–Crippen LogP) is 8.21. The SMILES string of the molecule is CCN(OP(c1ccccc1)c1ccccc1)c1cc2c(o1)c(C)c(C)n2-c1cccc(-c2cccc3c2CC=[N+]3C)c1. The maximum Gasteiger partial charge on any atom is 0.222 e. The Kier molecular flexibility index (Phi) is 7.22. The van der Waals surface area contributed by atoms with Crippen LogP contribution in [0.3, 0.4) is 0 Å². The summed E-state index contributed by atoms with van der Waals surface area (Å²) in [6.07, 6.45) is 3.20. The van der Waals surface area contributed by atoms with Gasteiger partial charge in [-0.2, -0.15) is 0 Å². The van der Waals surface area contributed by atoms with Crippen molar-refractivity contribution < 1.29 is 13.6 Å². The van der Waals surface area contributed by atoms with Gasteiger partial charge in [0.1, 0.15) is 21.4 Å². The van der Waals surface area contributed by atoms with Crippen LogP contribution in [-0.4, -0.2) is 28.9 Å². The Morgan fingerprint density at radius 3 is 2.26 bits per heavy atom. The molecule has 0 N–H and O–H groups in total. The summed E-state index contributed by atoms with van der Waals surface area (Å²) in [5.41, 5.74) is 10.5. The van der Waals surface area contributed by atoms with Gasteiger partial charge in [-0.25, -0.2) is 14.3 Å². The molecule has 214 valence electrons. The summed E-state index contributed by atoms with van der Waals surface area (Å²) in [7, 11) is 1.04. The van der Waals surface area contributed by atoms with Gasteiger partial charge in [0.15, 0.2) is 5.58 Å². The Morgan fingerprint density at radius 2 is 1.56 bits per heavy atom. The molecule has 0 radical (unpaired) electrons. The molecule has 0 atom stereocenters. The number of hydroxylamine groups is 1. The molecule has 0 aliphatic carbocycles. The summed E-state index contributed by atoms with van der Waals surface area (Å²) < 4.78 is 17.9. The molecule has 43 heavy (non-hydrogen) atoms. The second-order valence-corrected chi connectivity index (χ2v) is 12.7. The van der Waals surface area contributed by atoms with E-state index in [2.05, 4.69) is 140 Å². The van der Waals surface area contributed by atoms with Crippen molar-refractivity contribution in [2.45, 2.75) is 27.2 Å². The van der Waals surface area contributed by atoms with E-state index in [4.69, 9.17) is 9.04 Å². The fraction of sp³-hybridized carbons (Fsp3) is 0.162. The molecular weight excluding hydrogens is 549 g/mol. The summed E-state index contributed by atoms with van der Waals surface area (Å²) in [4.78, 5) is 0. The van der Waals surface area contributed by atoms with Crippen molar-refractivity contribution in [2.75, 3.05) is 18.7 Å². The van der Waals surface area contributed by atoms with Crippen LogP contribution in [0.4, 0.5) is 11.6 Å². The molecule has 3 heterocycles. The van der Waals surface area contributed by atoms with Crippen LogP contribution >= 0.6 is 8.15 Å². The van der Waals surface area contributed by atoms with E-state index in [0.29, 0.717) is 12.4 Å². The summed E-state index contributed by atoms with van der Waals surface area (Å²) in [6.45, 7) is 7.05. The number of aromatic nitrogens is 1. The number of hydrogen-bond acceptors (Lipinski definition) is 3. The molecule has 4 aromatic carbocycles. The van der Waals surface area contributed by atoms with Gasteiger partial charge >= 0.3 is 0 Å². The highest BCUT2D eigenvalue weighted by atomic mass is 31.1. The molecular formula is C37H35N3O2P+. The number of hydrogen-bond donors (Lipinski definition) is 0. The molecule has 5 nitrogen and oxygen atoms in total. The van der Waals surface area contributed by atoms with Crippen LogP contribution in [0.5, 0.6) is 0 Å². The van der Waals surface area contributed by atoms with Gasteiger partial charge in [0, 0.05) is 51.8 Å². The van der Waals surface area contributed by atoms with Crippen LogP contribution < -0.4 is 15.7 Å². The van der Waals surface area contributed by atoms with E-state index in [9.17, 15) is 0 Å². The van der Waals surface area contributed by atoms with Gasteiger partial charge in [0.05, 0.1) is 11.9 Å². The Bertz CT molecular complexity index is 1920. The highest BCUT2D eigenvalue weighted by Crippen LogP contribution is 2.41. The Hall–Kier alpha value is -4.44. The van der Waals surface area contributed by atoms with Gasteiger partial charge in [-0.3, -0.25) is 0 Å². The van der Waals surface area contributed by atoms with Gasteiger partial charge in [0.2, 0.25) is 11.6 Å². The summed E-state index contributed by atoms with van der Waals surface area (Å²) in [5, 5.41) is 4.22. The third kappa shape index (κ3) is 4.89. The van der Waals surface area contributed by atoms with Crippen LogP contribution in [0.1, 0.15) is 23.7 Å². The van der Waals surface area contributed by atoms with Crippen LogP contribution in [0, 0.1) is 13.8 Å². The van der Waals surface area contributed by atoms with Crippen molar-refractivity contribution in [3.8, 4) is 16.8 Å². The second kappa shape index (κ2) is 11.3. The maximum absolute atomic E-state index is 6.79. The summed E-state index contributed by atoms with van der Waals surface area (Å²) in [6, 6.07) is 38.5. The highest BCUT2D eigenvalue weighted by molar-refractivity contribution is 7.68. The van der Waals surface area contributed by atoms with Gasteiger partial charge < -0.3 is 8.98 Å². The lowest BCUT2D eigenvalue weighted by molar-refractivity contribution is -0.396. The molecule has 0 bridgehead atoms. The molecule has 1 aliphatic heterocycles. The van der Waals surface area contributed by atoms with Crippen LogP contribution in [-0.2, 0) is 11.0 Å². The predicted molar refractivity (Wildman–Crippen MR) is 179 cm³/mol. The zero-order valence-electron chi connectivity index (χ0n) is 25.0. The topological polar surface area (TPSA) is 33.5 Å². The number of aryl methyl sites for hydroxylation is 1.